The Morgan fingerprint density at radius 2 is 2.17 bits per heavy atom. The Bertz CT molecular complexity index is 219. The lowest BCUT2D eigenvalue weighted by Gasteiger charge is -2.22. The lowest BCUT2D eigenvalue weighted by atomic mass is 9.93. The normalized spacial score (nSPS) is 11.9. The average Bonchev–Trinajstić information content (AvgIpc) is 2.57. The van der Waals surface area contributed by atoms with Gasteiger partial charge in [0.1, 0.15) is 0 Å². The molecule has 68 valence electrons. The zero-order valence-corrected chi connectivity index (χ0v) is 10.9. The van der Waals surface area contributed by atoms with Crippen molar-refractivity contribution >= 4 is 43.2 Å². The van der Waals surface area contributed by atoms with Crippen LogP contribution in [0.1, 0.15) is 11.9 Å². The number of thiazole rings is 1. The highest BCUT2D eigenvalue weighted by Crippen LogP contribution is 2.27. The minimum Gasteiger partial charge on any atom is -0.250 e. The van der Waals surface area contributed by atoms with Gasteiger partial charge in [-0.3, -0.25) is 0 Å². The highest BCUT2D eigenvalue weighted by molar-refractivity contribution is 9.09. The zero-order valence-electron chi connectivity index (χ0n) is 6.89. The van der Waals surface area contributed by atoms with Crippen molar-refractivity contribution in [1.29, 1.82) is 0 Å². The first-order valence-electron chi connectivity index (χ1n) is 3.70. The molecule has 0 radical (unpaired) electrons. The summed E-state index contributed by atoms with van der Waals surface area (Å²) in [5.74, 6) is 0. The molecule has 4 heteroatoms. The summed E-state index contributed by atoms with van der Waals surface area (Å²) in [4.78, 5) is 4.27. The largest absolute Gasteiger partial charge is 0.250 e. The standard InChI is InChI=1S/C8H11Br2NS/c1-8(5-9,6-10)4-7-11-2-3-12-7/h2-3H,4-6H2,1H3. The van der Waals surface area contributed by atoms with E-state index in [0.29, 0.717) is 0 Å². The van der Waals surface area contributed by atoms with E-state index in [9.17, 15) is 0 Å². The first-order valence-corrected chi connectivity index (χ1v) is 6.83. The predicted molar refractivity (Wildman–Crippen MR) is 61.5 cm³/mol. The summed E-state index contributed by atoms with van der Waals surface area (Å²) in [6.07, 6.45) is 2.91. The van der Waals surface area contributed by atoms with Crippen molar-refractivity contribution < 1.29 is 0 Å². The van der Waals surface area contributed by atoms with Crippen molar-refractivity contribution in [3.8, 4) is 0 Å². The van der Waals surface area contributed by atoms with Crippen molar-refractivity contribution in [2.45, 2.75) is 13.3 Å². The predicted octanol–water partition coefficient (Wildman–Crippen LogP) is 3.48. The molecule has 0 unspecified atom stereocenters. The molecule has 1 nitrogen and oxygen atoms in total. The van der Waals surface area contributed by atoms with E-state index in [0.717, 1.165) is 17.1 Å². The van der Waals surface area contributed by atoms with Crippen LogP contribution in [0.5, 0.6) is 0 Å². The SMILES string of the molecule is CC(CBr)(CBr)Cc1nccs1. The van der Waals surface area contributed by atoms with Crippen LogP contribution in [0.3, 0.4) is 0 Å². The number of rotatable bonds is 4. The summed E-state index contributed by atoms with van der Waals surface area (Å²) < 4.78 is 0. The Morgan fingerprint density at radius 3 is 2.58 bits per heavy atom. The minimum absolute atomic E-state index is 0.290. The first kappa shape index (κ1) is 10.7. The number of halogens is 2. The molecule has 0 aromatic carbocycles. The Labute approximate surface area is 93.9 Å². The van der Waals surface area contributed by atoms with Gasteiger partial charge < -0.3 is 0 Å². The van der Waals surface area contributed by atoms with Gasteiger partial charge in [-0.15, -0.1) is 11.3 Å². The van der Waals surface area contributed by atoms with Crippen molar-refractivity contribution in [2.75, 3.05) is 10.7 Å². The van der Waals surface area contributed by atoms with Crippen LogP contribution in [0, 0.1) is 5.41 Å². The Kier molecular flexibility index (Phi) is 4.20. The third-order valence-corrected chi connectivity index (χ3v) is 5.19. The number of nitrogens with zero attached hydrogens (tertiary/aromatic N) is 1. The van der Waals surface area contributed by atoms with Gasteiger partial charge in [0.25, 0.3) is 0 Å². The van der Waals surface area contributed by atoms with E-state index >= 15 is 0 Å². The Morgan fingerprint density at radius 1 is 1.50 bits per heavy atom. The van der Waals surface area contributed by atoms with Crippen molar-refractivity contribution in [3.63, 3.8) is 0 Å². The van der Waals surface area contributed by atoms with E-state index in [-0.39, 0.29) is 5.41 Å². The van der Waals surface area contributed by atoms with E-state index in [4.69, 9.17) is 0 Å². The maximum Gasteiger partial charge on any atom is 0.0930 e. The van der Waals surface area contributed by atoms with Gasteiger partial charge in [-0.25, -0.2) is 4.98 Å². The number of alkyl halides is 2. The minimum atomic E-state index is 0.290. The van der Waals surface area contributed by atoms with E-state index < -0.39 is 0 Å². The maximum atomic E-state index is 4.27. The van der Waals surface area contributed by atoms with Gasteiger partial charge in [0, 0.05) is 28.7 Å². The van der Waals surface area contributed by atoms with E-state index in [1.165, 1.54) is 5.01 Å². The number of hydrogen-bond acceptors (Lipinski definition) is 2. The fourth-order valence-corrected chi connectivity index (χ4v) is 2.99. The van der Waals surface area contributed by atoms with Crippen LogP contribution >= 0.6 is 43.2 Å². The third-order valence-electron chi connectivity index (χ3n) is 1.71. The molecule has 0 aliphatic carbocycles. The topological polar surface area (TPSA) is 12.9 Å². The van der Waals surface area contributed by atoms with Crippen LogP contribution < -0.4 is 0 Å². The molecule has 0 saturated carbocycles. The van der Waals surface area contributed by atoms with E-state index in [2.05, 4.69) is 43.8 Å². The van der Waals surface area contributed by atoms with E-state index in [1.54, 1.807) is 11.3 Å². The fourth-order valence-electron chi connectivity index (χ4n) is 0.836. The molecular weight excluding hydrogens is 302 g/mol. The van der Waals surface area contributed by atoms with Crippen molar-refractivity contribution in [2.24, 2.45) is 5.41 Å². The molecule has 12 heavy (non-hydrogen) atoms. The number of aromatic nitrogens is 1. The lowest BCUT2D eigenvalue weighted by Crippen LogP contribution is -2.23. The van der Waals surface area contributed by atoms with Gasteiger partial charge in [0.15, 0.2) is 0 Å². The average molecular weight is 313 g/mol. The maximum absolute atomic E-state index is 4.27. The van der Waals surface area contributed by atoms with Gasteiger partial charge in [0.05, 0.1) is 5.01 Å². The molecule has 1 aromatic rings. The van der Waals surface area contributed by atoms with Crippen LogP contribution in [0.4, 0.5) is 0 Å². The highest BCUT2D eigenvalue weighted by Gasteiger charge is 2.22. The van der Waals surface area contributed by atoms with Crippen LogP contribution in [0.15, 0.2) is 11.6 Å². The first-order chi connectivity index (χ1) is 5.70. The molecular formula is C8H11Br2NS. The molecule has 0 aliphatic heterocycles. The summed E-state index contributed by atoms with van der Waals surface area (Å²) in [5.41, 5.74) is 0.290. The molecule has 0 bridgehead atoms. The second-order valence-corrected chi connectivity index (χ2v) is 5.28. The number of hydrogen-bond donors (Lipinski definition) is 0. The van der Waals surface area contributed by atoms with E-state index in [1.807, 2.05) is 11.6 Å². The van der Waals surface area contributed by atoms with Crippen LogP contribution in [-0.4, -0.2) is 15.6 Å². The highest BCUT2D eigenvalue weighted by atomic mass is 79.9. The van der Waals surface area contributed by atoms with Crippen molar-refractivity contribution in [3.05, 3.63) is 16.6 Å². The Balaban J connectivity index is 2.60. The third kappa shape index (κ3) is 2.82. The molecule has 0 atom stereocenters. The molecule has 0 amide bonds. The molecule has 1 rings (SSSR count). The molecule has 0 fully saturated rings. The van der Waals surface area contributed by atoms with Gasteiger partial charge in [-0.2, -0.15) is 0 Å². The molecule has 0 spiro atoms. The van der Waals surface area contributed by atoms with Crippen LogP contribution in [0.25, 0.3) is 0 Å². The molecule has 0 aliphatic rings. The van der Waals surface area contributed by atoms with Crippen molar-refractivity contribution in [1.82, 2.24) is 4.98 Å². The second-order valence-electron chi connectivity index (χ2n) is 3.18. The molecule has 1 aromatic heterocycles. The Hall–Kier alpha value is 0.590. The van der Waals surface area contributed by atoms with Crippen LogP contribution in [0.2, 0.25) is 0 Å². The summed E-state index contributed by atoms with van der Waals surface area (Å²) in [6.45, 7) is 2.25. The molecule has 1 heterocycles. The zero-order chi connectivity index (χ0) is 9.03. The fraction of sp³-hybridized carbons (Fsp3) is 0.625. The second kappa shape index (κ2) is 4.72. The smallest absolute Gasteiger partial charge is 0.0930 e. The summed E-state index contributed by atoms with van der Waals surface area (Å²) in [6, 6.07) is 0. The monoisotopic (exact) mass is 311 g/mol. The van der Waals surface area contributed by atoms with Gasteiger partial charge in [0.2, 0.25) is 0 Å². The van der Waals surface area contributed by atoms with Gasteiger partial charge in [-0.05, 0) is 5.41 Å². The summed E-state index contributed by atoms with van der Waals surface area (Å²) in [7, 11) is 0. The lowest BCUT2D eigenvalue weighted by molar-refractivity contribution is 0.438. The molecule has 0 saturated heterocycles. The van der Waals surface area contributed by atoms with Gasteiger partial charge in [-0.1, -0.05) is 38.8 Å². The van der Waals surface area contributed by atoms with Crippen LogP contribution in [-0.2, 0) is 6.42 Å². The van der Waals surface area contributed by atoms with Gasteiger partial charge >= 0.3 is 0 Å². The molecule has 0 N–H and O–H groups in total. The quantitative estimate of drug-likeness (QED) is 0.776. The summed E-state index contributed by atoms with van der Waals surface area (Å²) in [5, 5.41) is 5.25. The summed E-state index contributed by atoms with van der Waals surface area (Å²) >= 11 is 8.78.